The van der Waals surface area contributed by atoms with Gasteiger partial charge in [-0.2, -0.15) is 0 Å². The number of benzene rings is 2. The molecule has 2 aromatic carbocycles. The lowest BCUT2D eigenvalue weighted by atomic mass is 9.90. The summed E-state index contributed by atoms with van der Waals surface area (Å²) in [6.45, 7) is 5.18. The van der Waals surface area contributed by atoms with Crippen LogP contribution in [0.5, 0.6) is 11.5 Å². The molecule has 0 aromatic heterocycles. The second-order valence-electron chi connectivity index (χ2n) is 6.36. The van der Waals surface area contributed by atoms with E-state index in [-0.39, 0.29) is 5.54 Å². The van der Waals surface area contributed by atoms with Gasteiger partial charge in [-0.25, -0.2) is 0 Å². The van der Waals surface area contributed by atoms with Gasteiger partial charge in [0, 0.05) is 5.75 Å². The first-order valence-corrected chi connectivity index (χ1v) is 9.45. The fraction of sp³-hybridized carbons (Fsp3) is 0.350. The number of nitrogens with zero attached hydrogens (tertiary/aromatic N) is 1. The molecule has 1 heterocycles. The van der Waals surface area contributed by atoms with Gasteiger partial charge >= 0.3 is 0 Å². The van der Waals surface area contributed by atoms with Gasteiger partial charge in [0.05, 0.1) is 5.54 Å². The first-order chi connectivity index (χ1) is 12.0. The molecule has 1 aliphatic heterocycles. The van der Waals surface area contributed by atoms with Gasteiger partial charge in [-0.3, -0.25) is 4.99 Å². The molecular formula is C20H24N2O2S. The smallest absolute Gasteiger partial charge is 0.154 e. The molecule has 0 aliphatic carbocycles. The molecule has 0 fully saturated rings. The van der Waals surface area contributed by atoms with E-state index in [4.69, 9.17) is 15.2 Å². The quantitative estimate of drug-likeness (QED) is 0.791. The Labute approximate surface area is 153 Å². The van der Waals surface area contributed by atoms with E-state index in [0.717, 1.165) is 29.2 Å². The lowest BCUT2D eigenvalue weighted by Crippen LogP contribution is -2.28. The van der Waals surface area contributed by atoms with Gasteiger partial charge in [0.15, 0.2) is 5.17 Å². The van der Waals surface area contributed by atoms with Crippen molar-refractivity contribution in [2.45, 2.75) is 25.8 Å². The third kappa shape index (κ3) is 4.69. The van der Waals surface area contributed by atoms with Crippen LogP contribution in [0.3, 0.4) is 0 Å². The van der Waals surface area contributed by atoms with Gasteiger partial charge in [0.1, 0.15) is 24.7 Å². The highest BCUT2D eigenvalue weighted by Crippen LogP contribution is 2.36. The maximum Gasteiger partial charge on any atom is 0.154 e. The molecule has 1 unspecified atom stereocenters. The Morgan fingerprint density at radius 1 is 1.08 bits per heavy atom. The van der Waals surface area contributed by atoms with Gasteiger partial charge in [-0.1, -0.05) is 41.6 Å². The predicted molar refractivity (Wildman–Crippen MR) is 105 cm³/mol. The van der Waals surface area contributed by atoms with E-state index in [1.165, 1.54) is 5.56 Å². The number of hydrogen-bond acceptors (Lipinski definition) is 5. The highest BCUT2D eigenvalue weighted by Gasteiger charge is 2.29. The third-order valence-corrected chi connectivity index (χ3v) is 5.09. The Bertz CT molecular complexity index is 746. The van der Waals surface area contributed by atoms with E-state index >= 15 is 0 Å². The number of amidine groups is 1. The van der Waals surface area contributed by atoms with Gasteiger partial charge in [-0.05, 0) is 50.1 Å². The topological polar surface area (TPSA) is 56.8 Å². The Kier molecular flexibility index (Phi) is 5.53. The fourth-order valence-corrected chi connectivity index (χ4v) is 3.74. The number of rotatable bonds is 6. The van der Waals surface area contributed by atoms with Crippen molar-refractivity contribution >= 4 is 16.9 Å². The second kappa shape index (κ2) is 7.83. The summed E-state index contributed by atoms with van der Waals surface area (Å²) in [4.78, 5) is 4.65. The SMILES string of the molecule is Cc1ccc(OCCOc2cccc(C3(C)CCSC(N)=N3)c2)cc1. The van der Waals surface area contributed by atoms with Crippen molar-refractivity contribution in [2.24, 2.45) is 10.7 Å². The van der Waals surface area contributed by atoms with Crippen LogP contribution in [0.1, 0.15) is 24.5 Å². The van der Waals surface area contributed by atoms with E-state index in [0.29, 0.717) is 18.4 Å². The molecule has 4 nitrogen and oxygen atoms in total. The molecule has 0 spiro atoms. The van der Waals surface area contributed by atoms with Gasteiger partial charge in [0.25, 0.3) is 0 Å². The van der Waals surface area contributed by atoms with Crippen LogP contribution in [0.15, 0.2) is 53.5 Å². The number of hydrogen-bond donors (Lipinski definition) is 1. The molecule has 2 N–H and O–H groups in total. The predicted octanol–water partition coefficient (Wildman–Crippen LogP) is 4.12. The molecule has 132 valence electrons. The molecule has 1 atom stereocenters. The zero-order chi connectivity index (χ0) is 17.7. The molecule has 0 amide bonds. The van der Waals surface area contributed by atoms with E-state index < -0.39 is 0 Å². The summed E-state index contributed by atoms with van der Waals surface area (Å²) in [7, 11) is 0. The van der Waals surface area contributed by atoms with Crippen LogP contribution in [0.25, 0.3) is 0 Å². The highest BCUT2D eigenvalue weighted by atomic mass is 32.2. The minimum Gasteiger partial charge on any atom is -0.490 e. The number of aliphatic imine (C=N–C) groups is 1. The summed E-state index contributed by atoms with van der Waals surface area (Å²) in [6.07, 6.45) is 0.971. The Balaban J connectivity index is 1.57. The van der Waals surface area contributed by atoms with E-state index in [9.17, 15) is 0 Å². The maximum atomic E-state index is 5.91. The molecule has 1 aliphatic rings. The molecule has 25 heavy (non-hydrogen) atoms. The average molecular weight is 356 g/mol. The largest absolute Gasteiger partial charge is 0.490 e. The first-order valence-electron chi connectivity index (χ1n) is 8.46. The molecular weight excluding hydrogens is 332 g/mol. The van der Waals surface area contributed by atoms with Gasteiger partial charge in [-0.15, -0.1) is 0 Å². The summed E-state index contributed by atoms with van der Waals surface area (Å²) < 4.78 is 11.5. The standard InChI is InChI=1S/C20H24N2O2S/c1-15-6-8-17(9-7-15)23-11-12-24-18-5-3-4-16(14-18)20(2)10-13-25-19(21)22-20/h3-9,14H,10-13H2,1-2H3,(H2,21,22). The van der Waals surface area contributed by atoms with Crippen molar-refractivity contribution in [3.63, 3.8) is 0 Å². The Hall–Kier alpha value is -2.14. The second-order valence-corrected chi connectivity index (χ2v) is 7.48. The number of ether oxygens (including phenoxy) is 2. The molecule has 0 saturated carbocycles. The lowest BCUT2D eigenvalue weighted by molar-refractivity contribution is 0.217. The zero-order valence-corrected chi connectivity index (χ0v) is 15.5. The number of thioether (sulfide) groups is 1. The van der Waals surface area contributed by atoms with Crippen LogP contribution in [0.4, 0.5) is 0 Å². The Morgan fingerprint density at radius 3 is 2.52 bits per heavy atom. The van der Waals surface area contributed by atoms with Crippen molar-refractivity contribution in [3.05, 3.63) is 59.7 Å². The maximum absolute atomic E-state index is 5.91. The molecule has 0 bridgehead atoms. The van der Waals surface area contributed by atoms with Crippen molar-refractivity contribution in [2.75, 3.05) is 19.0 Å². The van der Waals surface area contributed by atoms with Crippen LogP contribution >= 0.6 is 11.8 Å². The van der Waals surface area contributed by atoms with Crippen LogP contribution in [-0.4, -0.2) is 24.1 Å². The summed E-state index contributed by atoms with van der Waals surface area (Å²) in [5, 5.41) is 0.659. The average Bonchev–Trinajstić information content (AvgIpc) is 2.60. The summed E-state index contributed by atoms with van der Waals surface area (Å²) >= 11 is 1.61. The van der Waals surface area contributed by atoms with Crippen LogP contribution in [-0.2, 0) is 5.54 Å². The number of nitrogens with two attached hydrogens (primary N) is 1. The molecule has 0 saturated heterocycles. The molecule has 5 heteroatoms. The third-order valence-electron chi connectivity index (χ3n) is 4.29. The normalized spacial score (nSPS) is 20.0. The number of aryl methyl sites for hydroxylation is 1. The van der Waals surface area contributed by atoms with Crippen molar-refractivity contribution < 1.29 is 9.47 Å². The monoisotopic (exact) mass is 356 g/mol. The van der Waals surface area contributed by atoms with E-state index in [1.54, 1.807) is 11.8 Å². The van der Waals surface area contributed by atoms with Crippen LogP contribution in [0.2, 0.25) is 0 Å². The van der Waals surface area contributed by atoms with Crippen molar-refractivity contribution in [1.82, 2.24) is 0 Å². The van der Waals surface area contributed by atoms with Crippen LogP contribution < -0.4 is 15.2 Å². The van der Waals surface area contributed by atoms with Crippen molar-refractivity contribution in [3.8, 4) is 11.5 Å². The first kappa shape index (κ1) is 17.7. The summed E-state index contributed by atoms with van der Waals surface area (Å²) in [6, 6.07) is 16.1. The minimum atomic E-state index is -0.271. The minimum absolute atomic E-state index is 0.271. The summed E-state index contributed by atoms with van der Waals surface area (Å²) in [5.41, 5.74) is 8.00. The van der Waals surface area contributed by atoms with Crippen molar-refractivity contribution in [1.29, 1.82) is 0 Å². The van der Waals surface area contributed by atoms with E-state index in [2.05, 4.69) is 31.0 Å². The van der Waals surface area contributed by atoms with Gasteiger partial charge in [0.2, 0.25) is 0 Å². The highest BCUT2D eigenvalue weighted by molar-refractivity contribution is 8.13. The molecule has 2 aromatic rings. The summed E-state index contributed by atoms with van der Waals surface area (Å²) in [5.74, 6) is 2.68. The fourth-order valence-electron chi connectivity index (χ4n) is 2.77. The van der Waals surface area contributed by atoms with E-state index in [1.807, 2.05) is 36.4 Å². The molecule has 0 radical (unpaired) electrons. The lowest BCUT2D eigenvalue weighted by Gasteiger charge is -2.30. The zero-order valence-electron chi connectivity index (χ0n) is 14.7. The van der Waals surface area contributed by atoms with Crippen LogP contribution in [0, 0.1) is 6.92 Å². The van der Waals surface area contributed by atoms with Gasteiger partial charge < -0.3 is 15.2 Å². The Morgan fingerprint density at radius 2 is 1.80 bits per heavy atom. The molecule has 3 rings (SSSR count).